The van der Waals surface area contributed by atoms with E-state index in [9.17, 15) is 0 Å². The van der Waals surface area contributed by atoms with E-state index in [0.717, 1.165) is 32.7 Å². The molecule has 0 radical (unpaired) electrons. The number of rotatable bonds is 1. The Hall–Kier alpha value is -0.900. The zero-order valence-electron chi connectivity index (χ0n) is 9.95. The highest BCUT2D eigenvalue weighted by molar-refractivity contribution is 5.19. The molecule has 1 aliphatic rings. The fourth-order valence-electron chi connectivity index (χ4n) is 2.05. The quantitative estimate of drug-likeness (QED) is 0.733. The number of hydrogen-bond acceptors (Lipinski definition) is 3. The molecule has 2 rings (SSSR count). The first kappa shape index (κ1) is 11.6. The van der Waals surface area contributed by atoms with Crippen molar-refractivity contribution in [2.75, 3.05) is 39.8 Å². The summed E-state index contributed by atoms with van der Waals surface area (Å²) in [7, 11) is 2.17. The molecule has 1 aromatic carbocycles. The lowest BCUT2D eigenvalue weighted by molar-refractivity contribution is 0.340. The van der Waals surface area contributed by atoms with Crippen LogP contribution in [-0.2, 0) is 0 Å². The normalized spacial score (nSPS) is 24.4. The van der Waals surface area contributed by atoms with Gasteiger partial charge in [-0.15, -0.1) is 0 Å². The molecule has 2 N–H and O–H groups in total. The predicted octanol–water partition coefficient (Wildman–Crippen LogP) is 0.852. The molecule has 16 heavy (non-hydrogen) atoms. The maximum absolute atomic E-state index is 3.60. The molecule has 0 amide bonds. The molecular formula is C13H21N3. The first-order valence-electron chi connectivity index (χ1n) is 6.04. The van der Waals surface area contributed by atoms with Crippen molar-refractivity contribution in [1.82, 2.24) is 15.5 Å². The van der Waals surface area contributed by atoms with Crippen molar-refractivity contribution in [1.29, 1.82) is 0 Å². The van der Waals surface area contributed by atoms with Crippen LogP contribution in [0.15, 0.2) is 30.3 Å². The van der Waals surface area contributed by atoms with Gasteiger partial charge in [0.25, 0.3) is 0 Å². The summed E-state index contributed by atoms with van der Waals surface area (Å²) < 4.78 is 0. The van der Waals surface area contributed by atoms with Crippen LogP contribution < -0.4 is 10.6 Å². The second-order valence-corrected chi connectivity index (χ2v) is 4.42. The number of benzene rings is 1. The van der Waals surface area contributed by atoms with Crippen molar-refractivity contribution in [3.8, 4) is 0 Å². The van der Waals surface area contributed by atoms with Gasteiger partial charge in [0.1, 0.15) is 0 Å². The van der Waals surface area contributed by atoms with E-state index < -0.39 is 0 Å². The number of hydrogen-bond donors (Lipinski definition) is 2. The number of likely N-dealkylation sites (N-methyl/N-ethyl adjacent to an activating group) is 1. The Kier molecular flexibility index (Phi) is 4.34. The van der Waals surface area contributed by atoms with Gasteiger partial charge < -0.3 is 15.5 Å². The van der Waals surface area contributed by atoms with Gasteiger partial charge in [-0.3, -0.25) is 0 Å². The zero-order valence-corrected chi connectivity index (χ0v) is 9.95. The summed E-state index contributed by atoms with van der Waals surface area (Å²) in [6.07, 6.45) is 0. The Morgan fingerprint density at radius 3 is 2.69 bits per heavy atom. The minimum absolute atomic E-state index is 0.438. The standard InChI is InChI=1S/C13H21N3/c1-16-9-7-14-11-13(15-8-10-16)12-5-3-2-4-6-12/h2-6,13-15H,7-11H2,1H3. The van der Waals surface area contributed by atoms with Crippen LogP contribution in [0.3, 0.4) is 0 Å². The van der Waals surface area contributed by atoms with Crippen molar-refractivity contribution >= 4 is 0 Å². The Morgan fingerprint density at radius 1 is 1.12 bits per heavy atom. The number of nitrogens with zero attached hydrogens (tertiary/aromatic N) is 1. The minimum Gasteiger partial charge on any atom is -0.314 e. The van der Waals surface area contributed by atoms with E-state index in [0.29, 0.717) is 6.04 Å². The van der Waals surface area contributed by atoms with E-state index in [4.69, 9.17) is 0 Å². The fraction of sp³-hybridized carbons (Fsp3) is 0.538. The Bertz CT molecular complexity index is 299. The molecule has 0 spiro atoms. The first-order chi connectivity index (χ1) is 7.86. The van der Waals surface area contributed by atoms with Crippen molar-refractivity contribution in [3.63, 3.8) is 0 Å². The van der Waals surface area contributed by atoms with Crippen molar-refractivity contribution in [2.45, 2.75) is 6.04 Å². The zero-order chi connectivity index (χ0) is 11.2. The third-order valence-corrected chi connectivity index (χ3v) is 3.10. The summed E-state index contributed by atoms with van der Waals surface area (Å²) in [5, 5.41) is 7.11. The van der Waals surface area contributed by atoms with Crippen LogP contribution in [0.25, 0.3) is 0 Å². The van der Waals surface area contributed by atoms with Crippen LogP contribution in [0.4, 0.5) is 0 Å². The van der Waals surface area contributed by atoms with E-state index in [1.807, 2.05) is 0 Å². The molecule has 0 aromatic heterocycles. The SMILES string of the molecule is CN1CCNCC(c2ccccc2)NCC1. The van der Waals surface area contributed by atoms with Crippen LogP contribution in [0.1, 0.15) is 11.6 Å². The highest BCUT2D eigenvalue weighted by Gasteiger charge is 2.12. The maximum atomic E-state index is 3.60. The second-order valence-electron chi connectivity index (χ2n) is 4.42. The molecule has 0 aliphatic carbocycles. The van der Waals surface area contributed by atoms with Gasteiger partial charge in [-0.2, -0.15) is 0 Å². The first-order valence-corrected chi connectivity index (χ1v) is 6.04. The van der Waals surface area contributed by atoms with Gasteiger partial charge >= 0.3 is 0 Å². The van der Waals surface area contributed by atoms with Crippen LogP contribution in [0, 0.1) is 0 Å². The molecule has 3 nitrogen and oxygen atoms in total. The van der Waals surface area contributed by atoms with Gasteiger partial charge in [-0.05, 0) is 12.6 Å². The highest BCUT2D eigenvalue weighted by Crippen LogP contribution is 2.11. The molecule has 1 aliphatic heterocycles. The molecule has 1 fully saturated rings. The molecule has 1 heterocycles. The van der Waals surface area contributed by atoms with Gasteiger partial charge in [-0.25, -0.2) is 0 Å². The van der Waals surface area contributed by atoms with Gasteiger partial charge in [0.05, 0.1) is 0 Å². The smallest absolute Gasteiger partial charge is 0.0447 e. The lowest BCUT2D eigenvalue weighted by Crippen LogP contribution is -2.32. The third kappa shape index (κ3) is 3.30. The monoisotopic (exact) mass is 219 g/mol. The van der Waals surface area contributed by atoms with Crippen LogP contribution in [0.2, 0.25) is 0 Å². The van der Waals surface area contributed by atoms with Crippen LogP contribution >= 0.6 is 0 Å². The molecular weight excluding hydrogens is 198 g/mol. The van der Waals surface area contributed by atoms with E-state index >= 15 is 0 Å². The Morgan fingerprint density at radius 2 is 1.88 bits per heavy atom. The fourth-order valence-corrected chi connectivity index (χ4v) is 2.05. The third-order valence-electron chi connectivity index (χ3n) is 3.10. The molecule has 88 valence electrons. The van der Waals surface area contributed by atoms with E-state index in [2.05, 4.69) is 52.9 Å². The summed E-state index contributed by atoms with van der Waals surface area (Å²) in [5.74, 6) is 0. The average Bonchev–Trinajstić information content (AvgIpc) is 2.42. The lowest BCUT2D eigenvalue weighted by atomic mass is 10.1. The number of nitrogens with one attached hydrogen (secondary N) is 2. The van der Waals surface area contributed by atoms with Gasteiger partial charge in [-0.1, -0.05) is 30.3 Å². The maximum Gasteiger partial charge on any atom is 0.0447 e. The molecule has 1 aromatic rings. The Labute approximate surface area is 97.8 Å². The Balaban J connectivity index is 1.98. The highest BCUT2D eigenvalue weighted by atomic mass is 15.1. The summed E-state index contributed by atoms with van der Waals surface area (Å²) in [5.41, 5.74) is 1.37. The largest absolute Gasteiger partial charge is 0.314 e. The van der Waals surface area contributed by atoms with Gasteiger partial charge in [0, 0.05) is 38.8 Å². The van der Waals surface area contributed by atoms with E-state index in [-0.39, 0.29) is 0 Å². The predicted molar refractivity (Wildman–Crippen MR) is 67.6 cm³/mol. The molecule has 3 heteroatoms. The second kappa shape index (κ2) is 5.99. The molecule has 0 saturated carbocycles. The minimum atomic E-state index is 0.438. The topological polar surface area (TPSA) is 27.3 Å². The van der Waals surface area contributed by atoms with Crippen LogP contribution in [0.5, 0.6) is 0 Å². The molecule has 1 unspecified atom stereocenters. The summed E-state index contributed by atoms with van der Waals surface area (Å²) in [6, 6.07) is 11.1. The van der Waals surface area contributed by atoms with Gasteiger partial charge in [0.2, 0.25) is 0 Å². The lowest BCUT2D eigenvalue weighted by Gasteiger charge is -2.18. The summed E-state index contributed by atoms with van der Waals surface area (Å²) >= 11 is 0. The summed E-state index contributed by atoms with van der Waals surface area (Å²) in [4.78, 5) is 2.35. The van der Waals surface area contributed by atoms with Crippen molar-refractivity contribution < 1.29 is 0 Å². The van der Waals surface area contributed by atoms with Crippen molar-refractivity contribution in [2.24, 2.45) is 0 Å². The molecule has 0 bridgehead atoms. The van der Waals surface area contributed by atoms with Crippen molar-refractivity contribution in [3.05, 3.63) is 35.9 Å². The molecule has 1 atom stereocenters. The van der Waals surface area contributed by atoms with Crippen LogP contribution in [-0.4, -0.2) is 44.7 Å². The summed E-state index contributed by atoms with van der Waals surface area (Å²) in [6.45, 7) is 5.38. The average molecular weight is 219 g/mol. The van der Waals surface area contributed by atoms with Gasteiger partial charge in [0.15, 0.2) is 0 Å². The van der Waals surface area contributed by atoms with E-state index in [1.54, 1.807) is 0 Å². The molecule has 1 saturated heterocycles. The van der Waals surface area contributed by atoms with E-state index in [1.165, 1.54) is 5.56 Å².